The number of hydrogen-bond donors (Lipinski definition) is 1. The lowest BCUT2D eigenvalue weighted by molar-refractivity contribution is 0.0986. The standard InChI is InChI=1S/C9H13NO2/c1-10(2)8-4-3-5-9(6-8)12-7-11/h3-6,11H,7H2,1-2H3. The summed E-state index contributed by atoms with van der Waals surface area (Å²) in [6, 6.07) is 7.55. The number of benzene rings is 1. The van der Waals surface area contributed by atoms with E-state index in [9.17, 15) is 0 Å². The van der Waals surface area contributed by atoms with Crippen LogP contribution in [0.5, 0.6) is 5.75 Å². The molecule has 3 nitrogen and oxygen atoms in total. The highest BCUT2D eigenvalue weighted by molar-refractivity contribution is 5.49. The van der Waals surface area contributed by atoms with E-state index in [1.165, 1.54) is 0 Å². The summed E-state index contributed by atoms with van der Waals surface area (Å²) in [5.74, 6) is 0.684. The highest BCUT2D eigenvalue weighted by atomic mass is 16.6. The van der Waals surface area contributed by atoms with Crippen LogP contribution < -0.4 is 9.64 Å². The molecule has 0 aromatic heterocycles. The van der Waals surface area contributed by atoms with Gasteiger partial charge >= 0.3 is 0 Å². The minimum atomic E-state index is -0.281. The highest BCUT2D eigenvalue weighted by Crippen LogP contribution is 2.18. The number of aliphatic hydroxyl groups excluding tert-OH is 1. The Balaban J connectivity index is 2.81. The van der Waals surface area contributed by atoms with Crippen LogP contribution in [0.2, 0.25) is 0 Å². The van der Waals surface area contributed by atoms with Crippen LogP contribution >= 0.6 is 0 Å². The summed E-state index contributed by atoms with van der Waals surface area (Å²) in [5, 5.41) is 8.51. The summed E-state index contributed by atoms with van der Waals surface area (Å²) in [7, 11) is 3.91. The second kappa shape index (κ2) is 3.97. The van der Waals surface area contributed by atoms with E-state index in [4.69, 9.17) is 9.84 Å². The predicted octanol–water partition coefficient (Wildman–Crippen LogP) is 1.08. The van der Waals surface area contributed by atoms with Crippen molar-refractivity contribution in [2.45, 2.75) is 0 Å². The number of anilines is 1. The van der Waals surface area contributed by atoms with Gasteiger partial charge in [-0.05, 0) is 12.1 Å². The Morgan fingerprint density at radius 3 is 2.75 bits per heavy atom. The first-order chi connectivity index (χ1) is 5.74. The predicted molar refractivity (Wildman–Crippen MR) is 48.5 cm³/mol. The van der Waals surface area contributed by atoms with Crippen LogP contribution in [0.1, 0.15) is 0 Å². The number of aliphatic hydroxyl groups is 1. The van der Waals surface area contributed by atoms with Crippen molar-refractivity contribution in [2.75, 3.05) is 25.8 Å². The zero-order valence-electron chi connectivity index (χ0n) is 7.32. The zero-order valence-corrected chi connectivity index (χ0v) is 7.32. The molecule has 0 bridgehead atoms. The van der Waals surface area contributed by atoms with Gasteiger partial charge < -0.3 is 14.7 Å². The van der Waals surface area contributed by atoms with Crippen LogP contribution in [0.3, 0.4) is 0 Å². The first-order valence-electron chi connectivity index (χ1n) is 3.75. The molecule has 12 heavy (non-hydrogen) atoms. The van der Waals surface area contributed by atoms with Gasteiger partial charge in [-0.1, -0.05) is 6.07 Å². The second-order valence-corrected chi connectivity index (χ2v) is 2.67. The Morgan fingerprint density at radius 1 is 1.42 bits per heavy atom. The Bertz CT molecular complexity index is 248. The molecule has 0 spiro atoms. The summed E-state index contributed by atoms with van der Waals surface area (Å²) >= 11 is 0. The summed E-state index contributed by atoms with van der Waals surface area (Å²) in [5.41, 5.74) is 1.06. The fourth-order valence-corrected chi connectivity index (χ4v) is 0.926. The van der Waals surface area contributed by atoms with Crippen molar-refractivity contribution in [1.82, 2.24) is 0 Å². The lowest BCUT2D eigenvalue weighted by Gasteiger charge is -2.13. The van der Waals surface area contributed by atoms with Gasteiger partial charge in [-0.15, -0.1) is 0 Å². The zero-order chi connectivity index (χ0) is 8.97. The SMILES string of the molecule is CN(C)c1cccc(OCO)c1. The van der Waals surface area contributed by atoms with Crippen molar-refractivity contribution < 1.29 is 9.84 Å². The van der Waals surface area contributed by atoms with E-state index in [1.54, 1.807) is 0 Å². The number of hydrogen-bond acceptors (Lipinski definition) is 3. The number of rotatable bonds is 3. The number of ether oxygens (including phenoxy) is 1. The van der Waals surface area contributed by atoms with Gasteiger partial charge in [0, 0.05) is 25.8 Å². The molecule has 1 rings (SSSR count). The molecule has 0 fully saturated rings. The molecule has 1 aromatic carbocycles. The molecule has 0 aliphatic carbocycles. The van der Waals surface area contributed by atoms with E-state index in [0.29, 0.717) is 5.75 Å². The van der Waals surface area contributed by atoms with Gasteiger partial charge in [0.05, 0.1) is 0 Å². The molecule has 0 atom stereocenters. The second-order valence-electron chi connectivity index (χ2n) is 2.67. The van der Waals surface area contributed by atoms with Crippen molar-refractivity contribution in [3.8, 4) is 5.75 Å². The van der Waals surface area contributed by atoms with Gasteiger partial charge in [0.2, 0.25) is 0 Å². The third-order valence-corrected chi connectivity index (χ3v) is 1.57. The Morgan fingerprint density at radius 2 is 2.17 bits per heavy atom. The molecule has 0 unspecified atom stereocenters. The van der Waals surface area contributed by atoms with Crippen molar-refractivity contribution >= 4 is 5.69 Å². The van der Waals surface area contributed by atoms with E-state index in [-0.39, 0.29) is 6.79 Å². The molecule has 0 radical (unpaired) electrons. The Labute approximate surface area is 72.2 Å². The third kappa shape index (κ3) is 2.13. The van der Waals surface area contributed by atoms with Crippen LogP contribution in [-0.2, 0) is 0 Å². The molecule has 0 saturated heterocycles. The molecular formula is C9H13NO2. The molecule has 0 amide bonds. The minimum absolute atomic E-state index is 0.281. The van der Waals surface area contributed by atoms with Gasteiger partial charge in [0.25, 0.3) is 0 Å². The van der Waals surface area contributed by atoms with E-state index >= 15 is 0 Å². The Kier molecular flexibility index (Phi) is 2.94. The van der Waals surface area contributed by atoms with Gasteiger partial charge in [-0.2, -0.15) is 0 Å². The van der Waals surface area contributed by atoms with Crippen molar-refractivity contribution in [3.05, 3.63) is 24.3 Å². The van der Waals surface area contributed by atoms with Crippen LogP contribution in [0.25, 0.3) is 0 Å². The smallest absolute Gasteiger partial charge is 0.186 e. The average Bonchev–Trinajstić information content (AvgIpc) is 2.05. The maximum Gasteiger partial charge on any atom is 0.186 e. The molecule has 66 valence electrons. The van der Waals surface area contributed by atoms with E-state index in [2.05, 4.69) is 0 Å². The van der Waals surface area contributed by atoms with Gasteiger partial charge in [0.15, 0.2) is 6.79 Å². The topological polar surface area (TPSA) is 32.7 Å². The van der Waals surface area contributed by atoms with Crippen LogP contribution in [0.15, 0.2) is 24.3 Å². The van der Waals surface area contributed by atoms with Crippen LogP contribution in [0, 0.1) is 0 Å². The van der Waals surface area contributed by atoms with Gasteiger partial charge in [-0.25, -0.2) is 0 Å². The van der Waals surface area contributed by atoms with Crippen molar-refractivity contribution in [1.29, 1.82) is 0 Å². The molecule has 1 N–H and O–H groups in total. The first kappa shape index (κ1) is 8.87. The summed E-state index contributed by atoms with van der Waals surface area (Å²) < 4.78 is 4.93. The maximum atomic E-state index is 8.51. The molecule has 0 saturated carbocycles. The monoisotopic (exact) mass is 167 g/mol. The van der Waals surface area contributed by atoms with Gasteiger partial charge in [0.1, 0.15) is 5.75 Å². The molecular weight excluding hydrogens is 154 g/mol. The maximum absolute atomic E-state index is 8.51. The summed E-state index contributed by atoms with van der Waals surface area (Å²) in [6.07, 6.45) is 0. The highest BCUT2D eigenvalue weighted by Gasteiger charge is 1.96. The van der Waals surface area contributed by atoms with E-state index < -0.39 is 0 Å². The van der Waals surface area contributed by atoms with E-state index in [0.717, 1.165) is 5.69 Å². The quantitative estimate of drug-likeness (QED) is 0.684. The normalized spacial score (nSPS) is 9.58. The molecule has 0 aliphatic heterocycles. The first-order valence-corrected chi connectivity index (χ1v) is 3.75. The fourth-order valence-electron chi connectivity index (χ4n) is 0.926. The lowest BCUT2D eigenvalue weighted by atomic mass is 10.3. The average molecular weight is 167 g/mol. The molecule has 3 heteroatoms. The Hall–Kier alpha value is -1.22. The van der Waals surface area contributed by atoms with Crippen molar-refractivity contribution in [2.24, 2.45) is 0 Å². The number of nitrogens with zero attached hydrogens (tertiary/aromatic N) is 1. The lowest BCUT2D eigenvalue weighted by Crippen LogP contribution is -2.08. The van der Waals surface area contributed by atoms with Crippen molar-refractivity contribution in [3.63, 3.8) is 0 Å². The van der Waals surface area contributed by atoms with Crippen LogP contribution in [0.4, 0.5) is 5.69 Å². The molecule has 1 aromatic rings. The largest absolute Gasteiger partial charge is 0.468 e. The van der Waals surface area contributed by atoms with E-state index in [1.807, 2.05) is 43.3 Å². The van der Waals surface area contributed by atoms with Crippen LogP contribution in [-0.4, -0.2) is 26.0 Å². The molecule has 0 aliphatic rings. The molecule has 0 heterocycles. The summed E-state index contributed by atoms with van der Waals surface area (Å²) in [6.45, 7) is -0.281. The van der Waals surface area contributed by atoms with Gasteiger partial charge in [-0.3, -0.25) is 0 Å². The fraction of sp³-hybridized carbons (Fsp3) is 0.333. The third-order valence-electron chi connectivity index (χ3n) is 1.57. The minimum Gasteiger partial charge on any atom is -0.468 e. The summed E-state index contributed by atoms with van der Waals surface area (Å²) in [4.78, 5) is 1.98.